The molecule has 0 aliphatic rings. The van der Waals surface area contributed by atoms with E-state index in [1.165, 1.54) is 0 Å². The van der Waals surface area contributed by atoms with Crippen LogP contribution in [0.1, 0.15) is 25.0 Å². The Kier molecular flexibility index (Phi) is 8.76. The van der Waals surface area contributed by atoms with Crippen LogP contribution in [-0.2, 0) is 11.2 Å². The van der Waals surface area contributed by atoms with Crippen LogP contribution in [0.5, 0.6) is 11.5 Å². The maximum atomic E-state index is 12.0. The van der Waals surface area contributed by atoms with Gasteiger partial charge in [-0.25, -0.2) is 5.43 Å². The average molecular weight is 396 g/mol. The van der Waals surface area contributed by atoms with Crippen LogP contribution >= 0.6 is 0 Å². The van der Waals surface area contributed by atoms with Crippen LogP contribution in [0.25, 0.3) is 0 Å². The number of carbonyl (C=O) groups excluding carboxylic acids is 1. The molecule has 2 rings (SSSR count). The first-order valence-corrected chi connectivity index (χ1v) is 9.68. The van der Waals surface area contributed by atoms with Crippen molar-refractivity contribution in [2.75, 3.05) is 31.7 Å². The third-order valence-corrected chi connectivity index (χ3v) is 4.39. The Labute approximate surface area is 172 Å². The Morgan fingerprint density at radius 2 is 1.86 bits per heavy atom. The molecule has 2 aromatic rings. The number of allylic oxidation sites excluding steroid dienone is 1. The number of hydrogen-bond donors (Lipinski definition) is 1. The first kappa shape index (κ1) is 22.0. The van der Waals surface area contributed by atoms with Gasteiger partial charge < -0.3 is 14.4 Å². The van der Waals surface area contributed by atoms with E-state index >= 15 is 0 Å². The number of carbonyl (C=O) groups is 1. The minimum atomic E-state index is -0.349. The third-order valence-electron chi connectivity index (χ3n) is 4.39. The molecule has 154 valence electrons. The van der Waals surface area contributed by atoms with Crippen LogP contribution in [0.4, 0.5) is 5.69 Å². The highest BCUT2D eigenvalue weighted by atomic mass is 16.5. The van der Waals surface area contributed by atoms with E-state index in [1.807, 2.05) is 42.5 Å². The van der Waals surface area contributed by atoms with Gasteiger partial charge in [-0.05, 0) is 55.7 Å². The van der Waals surface area contributed by atoms with Crippen molar-refractivity contribution in [3.05, 3.63) is 66.2 Å². The summed E-state index contributed by atoms with van der Waals surface area (Å²) in [5.74, 6) is 0.735. The van der Waals surface area contributed by atoms with Gasteiger partial charge in [-0.2, -0.15) is 5.10 Å². The molecule has 0 atom stereocenters. The van der Waals surface area contributed by atoms with E-state index in [2.05, 4.69) is 35.9 Å². The molecular weight excluding hydrogens is 366 g/mol. The van der Waals surface area contributed by atoms with Gasteiger partial charge in [-0.1, -0.05) is 24.3 Å². The lowest BCUT2D eigenvalue weighted by atomic mass is 10.1. The number of hydrogen-bond acceptors (Lipinski definition) is 5. The average Bonchev–Trinajstić information content (AvgIpc) is 2.75. The molecule has 0 bridgehead atoms. The fourth-order valence-electron chi connectivity index (χ4n) is 2.84. The number of methoxy groups -OCH3 is 1. The molecule has 0 radical (unpaired) electrons. The van der Waals surface area contributed by atoms with Crippen molar-refractivity contribution >= 4 is 17.8 Å². The van der Waals surface area contributed by atoms with Crippen molar-refractivity contribution in [3.63, 3.8) is 0 Å². The van der Waals surface area contributed by atoms with Crippen molar-refractivity contribution in [1.29, 1.82) is 0 Å². The minimum Gasteiger partial charge on any atom is -0.493 e. The molecule has 0 heterocycles. The van der Waals surface area contributed by atoms with Crippen LogP contribution in [-0.4, -0.2) is 38.9 Å². The molecule has 0 saturated carbocycles. The first-order chi connectivity index (χ1) is 14.1. The molecule has 0 aromatic heterocycles. The third kappa shape index (κ3) is 6.68. The Morgan fingerprint density at radius 3 is 2.48 bits per heavy atom. The predicted octanol–water partition coefficient (Wildman–Crippen LogP) is 3.80. The quantitative estimate of drug-likeness (QED) is 0.357. The standard InChI is InChI=1S/C23H29N3O3/c1-5-8-18-11-14-21(22(15-18)28-4)29-17-23(27)25-24-16-19-9-12-20(13-10-19)26(6-2)7-3/h5,9-16H,1,6-8,17H2,2-4H3,(H,25,27). The molecule has 0 unspecified atom stereocenters. The Hall–Kier alpha value is -3.28. The minimum absolute atomic E-state index is 0.157. The number of ether oxygens (including phenoxy) is 2. The molecule has 0 fully saturated rings. The van der Waals surface area contributed by atoms with Crippen molar-refractivity contribution in [3.8, 4) is 11.5 Å². The summed E-state index contributed by atoms with van der Waals surface area (Å²) in [5.41, 5.74) is 5.60. The van der Waals surface area contributed by atoms with Crippen LogP contribution in [0.3, 0.4) is 0 Å². The van der Waals surface area contributed by atoms with Crippen molar-refractivity contribution in [2.24, 2.45) is 5.10 Å². The number of anilines is 1. The fourth-order valence-corrected chi connectivity index (χ4v) is 2.84. The van der Waals surface area contributed by atoms with Crippen LogP contribution < -0.4 is 19.8 Å². The number of nitrogens with zero attached hydrogens (tertiary/aromatic N) is 2. The van der Waals surface area contributed by atoms with Gasteiger partial charge in [0.15, 0.2) is 18.1 Å². The number of rotatable bonds is 11. The normalized spacial score (nSPS) is 10.6. The second-order valence-electron chi connectivity index (χ2n) is 6.32. The zero-order valence-corrected chi connectivity index (χ0v) is 17.4. The van der Waals surface area contributed by atoms with Crippen molar-refractivity contribution in [1.82, 2.24) is 5.43 Å². The molecular formula is C23H29N3O3. The molecule has 0 saturated heterocycles. The summed E-state index contributed by atoms with van der Waals surface area (Å²) in [5, 5.41) is 3.99. The van der Waals surface area contributed by atoms with Gasteiger partial charge in [0.05, 0.1) is 13.3 Å². The molecule has 0 spiro atoms. The monoisotopic (exact) mass is 395 g/mol. The SMILES string of the molecule is C=CCc1ccc(OCC(=O)NN=Cc2ccc(N(CC)CC)cc2)c(OC)c1. The number of benzene rings is 2. The van der Waals surface area contributed by atoms with Crippen LogP contribution in [0.15, 0.2) is 60.2 Å². The van der Waals surface area contributed by atoms with E-state index in [1.54, 1.807) is 19.4 Å². The van der Waals surface area contributed by atoms with Crippen molar-refractivity contribution in [2.45, 2.75) is 20.3 Å². The summed E-state index contributed by atoms with van der Waals surface area (Å²) in [6.45, 7) is 9.74. The van der Waals surface area contributed by atoms with Gasteiger partial charge in [0, 0.05) is 18.8 Å². The van der Waals surface area contributed by atoms with Crippen LogP contribution in [0, 0.1) is 0 Å². The predicted molar refractivity (Wildman–Crippen MR) is 118 cm³/mol. The number of nitrogens with one attached hydrogen (secondary N) is 1. The second kappa shape index (κ2) is 11.5. The zero-order valence-electron chi connectivity index (χ0n) is 17.4. The van der Waals surface area contributed by atoms with Gasteiger partial charge >= 0.3 is 0 Å². The van der Waals surface area contributed by atoms with E-state index in [9.17, 15) is 4.79 Å². The maximum absolute atomic E-state index is 12.0. The van der Waals surface area contributed by atoms with Crippen molar-refractivity contribution < 1.29 is 14.3 Å². The first-order valence-electron chi connectivity index (χ1n) is 9.68. The second-order valence-corrected chi connectivity index (χ2v) is 6.32. The number of amides is 1. The molecule has 0 aliphatic heterocycles. The van der Waals surface area contributed by atoms with E-state index < -0.39 is 0 Å². The molecule has 1 amide bonds. The lowest BCUT2D eigenvalue weighted by Gasteiger charge is -2.20. The lowest BCUT2D eigenvalue weighted by Crippen LogP contribution is -2.24. The zero-order chi connectivity index (χ0) is 21.1. The van der Waals surface area contributed by atoms with E-state index in [4.69, 9.17) is 9.47 Å². The summed E-state index contributed by atoms with van der Waals surface area (Å²) in [7, 11) is 1.57. The highest BCUT2D eigenvalue weighted by molar-refractivity contribution is 5.83. The van der Waals surface area contributed by atoms with E-state index in [0.717, 1.165) is 36.3 Å². The maximum Gasteiger partial charge on any atom is 0.277 e. The van der Waals surface area contributed by atoms with Gasteiger partial charge in [-0.3, -0.25) is 4.79 Å². The van der Waals surface area contributed by atoms with Gasteiger partial charge in [0.1, 0.15) is 0 Å². The summed E-state index contributed by atoms with van der Waals surface area (Å²) >= 11 is 0. The Morgan fingerprint density at radius 1 is 1.14 bits per heavy atom. The summed E-state index contributed by atoms with van der Waals surface area (Å²) in [6.07, 6.45) is 4.16. The summed E-state index contributed by atoms with van der Waals surface area (Å²) < 4.78 is 10.9. The largest absolute Gasteiger partial charge is 0.493 e. The van der Waals surface area contributed by atoms with Gasteiger partial charge in [0.2, 0.25) is 0 Å². The molecule has 6 heteroatoms. The molecule has 29 heavy (non-hydrogen) atoms. The van der Waals surface area contributed by atoms with E-state index in [0.29, 0.717) is 11.5 Å². The molecule has 0 aliphatic carbocycles. The van der Waals surface area contributed by atoms with Gasteiger partial charge in [0.25, 0.3) is 5.91 Å². The lowest BCUT2D eigenvalue weighted by molar-refractivity contribution is -0.123. The summed E-state index contributed by atoms with van der Waals surface area (Å²) in [6, 6.07) is 13.6. The highest BCUT2D eigenvalue weighted by Gasteiger charge is 2.08. The van der Waals surface area contributed by atoms with Crippen LogP contribution in [0.2, 0.25) is 0 Å². The highest BCUT2D eigenvalue weighted by Crippen LogP contribution is 2.28. The smallest absolute Gasteiger partial charge is 0.277 e. The summed E-state index contributed by atoms with van der Waals surface area (Å²) in [4.78, 5) is 14.2. The number of hydrazone groups is 1. The molecule has 1 N–H and O–H groups in total. The fraction of sp³-hybridized carbons (Fsp3) is 0.304. The Balaban J connectivity index is 1.86. The Bertz CT molecular complexity index is 828. The van der Waals surface area contributed by atoms with Gasteiger partial charge in [-0.15, -0.1) is 6.58 Å². The van der Waals surface area contributed by atoms with E-state index in [-0.39, 0.29) is 12.5 Å². The molecule has 2 aromatic carbocycles. The topological polar surface area (TPSA) is 63.2 Å². The molecule has 6 nitrogen and oxygen atoms in total.